The normalized spacial score (nSPS) is 12.5. The van der Waals surface area contributed by atoms with Gasteiger partial charge in [-0.1, -0.05) is 110 Å². The molecule has 7 aromatic rings. The van der Waals surface area contributed by atoms with Crippen LogP contribution in [0.3, 0.4) is 0 Å². The SMILES string of the molecule is CCC(C)C(=NC(=C(C)C)c1ccc(-c2ccc(-c3cc(C)cc(NC)c3)c3ccccc23)cc1)c1ccc2c(c1)oc1ccccc12. The Hall–Kier alpha value is -5.41. The van der Waals surface area contributed by atoms with Gasteiger partial charge in [-0.2, -0.15) is 0 Å². The van der Waals surface area contributed by atoms with Crippen LogP contribution in [-0.4, -0.2) is 12.8 Å². The number of rotatable bonds is 8. The molecule has 0 fully saturated rings. The Balaban J connectivity index is 1.27. The summed E-state index contributed by atoms with van der Waals surface area (Å²) in [6.07, 6.45) is 0.994. The van der Waals surface area contributed by atoms with Crippen molar-refractivity contribution in [1.82, 2.24) is 0 Å². The number of para-hydroxylation sites is 1. The molecule has 1 unspecified atom stereocenters. The van der Waals surface area contributed by atoms with Gasteiger partial charge in [-0.05, 0) is 108 Å². The maximum absolute atomic E-state index is 6.26. The van der Waals surface area contributed by atoms with E-state index in [9.17, 15) is 0 Å². The van der Waals surface area contributed by atoms with Gasteiger partial charge in [0.15, 0.2) is 0 Å². The van der Waals surface area contributed by atoms with Crippen molar-refractivity contribution in [2.75, 3.05) is 12.4 Å². The van der Waals surface area contributed by atoms with Crippen LogP contribution in [0.1, 0.15) is 50.8 Å². The van der Waals surface area contributed by atoms with E-state index in [1.165, 1.54) is 44.2 Å². The maximum Gasteiger partial charge on any atom is 0.136 e. The Labute approximate surface area is 283 Å². The molecule has 0 aliphatic rings. The fourth-order valence-electron chi connectivity index (χ4n) is 6.82. The predicted molar refractivity (Wildman–Crippen MR) is 207 cm³/mol. The molecule has 0 saturated heterocycles. The quantitative estimate of drug-likeness (QED) is 0.170. The number of nitrogens with one attached hydrogen (secondary N) is 1. The zero-order valence-electron chi connectivity index (χ0n) is 28.7. The van der Waals surface area contributed by atoms with Crippen LogP contribution in [0.4, 0.5) is 5.69 Å². The molecule has 7 rings (SSSR count). The third-order valence-corrected chi connectivity index (χ3v) is 9.53. The molecular formula is C45H42N2O. The van der Waals surface area contributed by atoms with Gasteiger partial charge in [0, 0.05) is 29.1 Å². The standard InChI is InChI=1S/C45H42N2O/c1-7-30(5)45(33-20-21-41-40-14-10-11-15-42(40)48-43(41)27-33)47-44(28(2)3)32-18-16-31(17-19-32)36-22-23-37(39-13-9-8-12-38(36)39)34-24-29(4)25-35(26-34)46-6/h8-27,30,46H,7H2,1-6H3. The van der Waals surface area contributed by atoms with Gasteiger partial charge in [-0.25, -0.2) is 0 Å². The number of benzene rings is 6. The number of hydrogen-bond donors (Lipinski definition) is 1. The van der Waals surface area contributed by atoms with Gasteiger partial charge >= 0.3 is 0 Å². The molecule has 0 aliphatic carbocycles. The topological polar surface area (TPSA) is 37.5 Å². The lowest BCUT2D eigenvalue weighted by molar-refractivity contribution is 0.668. The summed E-state index contributed by atoms with van der Waals surface area (Å²) in [5, 5.41) is 8.09. The zero-order valence-corrected chi connectivity index (χ0v) is 28.7. The van der Waals surface area contributed by atoms with Crippen molar-refractivity contribution in [1.29, 1.82) is 0 Å². The second-order valence-electron chi connectivity index (χ2n) is 13.1. The van der Waals surface area contributed by atoms with E-state index < -0.39 is 0 Å². The predicted octanol–water partition coefficient (Wildman–Crippen LogP) is 12.7. The summed E-state index contributed by atoms with van der Waals surface area (Å²) >= 11 is 0. The number of hydrogen-bond acceptors (Lipinski definition) is 3. The summed E-state index contributed by atoms with van der Waals surface area (Å²) in [5.74, 6) is 0.280. The summed E-state index contributed by atoms with van der Waals surface area (Å²) in [6.45, 7) is 10.9. The third kappa shape index (κ3) is 5.82. The summed E-state index contributed by atoms with van der Waals surface area (Å²) < 4.78 is 6.26. The van der Waals surface area contributed by atoms with Crippen molar-refractivity contribution < 1.29 is 4.42 Å². The fourth-order valence-corrected chi connectivity index (χ4v) is 6.82. The molecule has 1 atom stereocenters. The van der Waals surface area contributed by atoms with Crippen LogP contribution in [0.15, 0.2) is 136 Å². The van der Waals surface area contributed by atoms with Crippen molar-refractivity contribution in [2.24, 2.45) is 10.9 Å². The number of nitrogens with zero attached hydrogens (tertiary/aromatic N) is 1. The first-order valence-corrected chi connectivity index (χ1v) is 16.9. The van der Waals surface area contributed by atoms with Crippen molar-refractivity contribution in [3.63, 3.8) is 0 Å². The molecule has 0 spiro atoms. The zero-order chi connectivity index (χ0) is 33.4. The van der Waals surface area contributed by atoms with E-state index in [2.05, 4.69) is 149 Å². The molecule has 0 radical (unpaired) electrons. The molecule has 3 nitrogen and oxygen atoms in total. The van der Waals surface area contributed by atoms with E-state index in [0.717, 1.165) is 56.6 Å². The number of aliphatic imine (C=N–C) groups is 1. The molecule has 3 heteroatoms. The van der Waals surface area contributed by atoms with Gasteiger partial charge in [0.2, 0.25) is 0 Å². The number of fused-ring (bicyclic) bond motifs is 4. The van der Waals surface area contributed by atoms with Crippen LogP contribution in [0, 0.1) is 12.8 Å². The maximum atomic E-state index is 6.26. The van der Waals surface area contributed by atoms with Crippen molar-refractivity contribution in [3.8, 4) is 22.3 Å². The lowest BCUT2D eigenvalue weighted by Gasteiger charge is -2.17. The summed E-state index contributed by atoms with van der Waals surface area (Å²) in [4.78, 5) is 5.42. The molecule has 1 heterocycles. The van der Waals surface area contributed by atoms with E-state index in [4.69, 9.17) is 9.41 Å². The molecule has 1 aromatic heterocycles. The van der Waals surface area contributed by atoms with E-state index in [-0.39, 0.29) is 5.92 Å². The first-order chi connectivity index (χ1) is 23.3. The van der Waals surface area contributed by atoms with Crippen molar-refractivity contribution in [2.45, 2.75) is 41.0 Å². The van der Waals surface area contributed by atoms with Crippen molar-refractivity contribution in [3.05, 3.63) is 144 Å². The van der Waals surface area contributed by atoms with Gasteiger partial charge in [-0.3, -0.25) is 4.99 Å². The first kappa shape index (κ1) is 31.2. The van der Waals surface area contributed by atoms with E-state index >= 15 is 0 Å². The van der Waals surface area contributed by atoms with Crippen LogP contribution in [0.25, 0.3) is 60.7 Å². The van der Waals surface area contributed by atoms with Crippen LogP contribution in [0.5, 0.6) is 0 Å². The smallest absolute Gasteiger partial charge is 0.136 e. The van der Waals surface area contributed by atoms with Crippen LogP contribution >= 0.6 is 0 Å². The average molecular weight is 627 g/mol. The molecule has 238 valence electrons. The largest absolute Gasteiger partial charge is 0.456 e. The van der Waals surface area contributed by atoms with Gasteiger partial charge < -0.3 is 9.73 Å². The highest BCUT2D eigenvalue weighted by molar-refractivity contribution is 6.11. The summed E-state index contributed by atoms with van der Waals surface area (Å²) in [6, 6.07) is 43.6. The number of allylic oxidation sites excluding steroid dienone is 1. The molecule has 0 bridgehead atoms. The molecule has 6 aromatic carbocycles. The highest BCUT2D eigenvalue weighted by Crippen LogP contribution is 2.38. The number of furan rings is 1. The Morgan fingerprint density at radius 1 is 0.667 bits per heavy atom. The first-order valence-electron chi connectivity index (χ1n) is 16.9. The minimum atomic E-state index is 0.280. The highest BCUT2D eigenvalue weighted by Gasteiger charge is 2.17. The lowest BCUT2D eigenvalue weighted by Crippen LogP contribution is -2.12. The van der Waals surface area contributed by atoms with E-state index in [1.807, 2.05) is 19.2 Å². The van der Waals surface area contributed by atoms with Gasteiger partial charge in [0.05, 0.1) is 11.4 Å². The third-order valence-electron chi connectivity index (χ3n) is 9.53. The second kappa shape index (κ2) is 13.0. The minimum Gasteiger partial charge on any atom is -0.456 e. The molecule has 0 saturated carbocycles. The minimum absolute atomic E-state index is 0.280. The van der Waals surface area contributed by atoms with Gasteiger partial charge in [-0.15, -0.1) is 0 Å². The Morgan fingerprint density at radius 3 is 1.96 bits per heavy atom. The molecule has 48 heavy (non-hydrogen) atoms. The Morgan fingerprint density at radius 2 is 1.29 bits per heavy atom. The molecule has 1 N–H and O–H groups in total. The van der Waals surface area contributed by atoms with Crippen LogP contribution in [-0.2, 0) is 0 Å². The molecule has 0 amide bonds. The number of aryl methyl sites for hydroxylation is 1. The molecular weight excluding hydrogens is 585 g/mol. The van der Waals surface area contributed by atoms with Gasteiger partial charge in [0.1, 0.15) is 11.2 Å². The van der Waals surface area contributed by atoms with E-state index in [0.29, 0.717) is 0 Å². The Kier molecular flexibility index (Phi) is 8.45. The Bertz CT molecular complexity index is 2350. The highest BCUT2D eigenvalue weighted by atomic mass is 16.3. The number of anilines is 1. The summed E-state index contributed by atoms with van der Waals surface area (Å²) in [5.41, 5.74) is 14.6. The van der Waals surface area contributed by atoms with Crippen molar-refractivity contribution >= 4 is 49.8 Å². The van der Waals surface area contributed by atoms with E-state index in [1.54, 1.807) is 0 Å². The monoisotopic (exact) mass is 626 g/mol. The van der Waals surface area contributed by atoms with Crippen LogP contribution < -0.4 is 5.32 Å². The average Bonchev–Trinajstić information content (AvgIpc) is 3.49. The van der Waals surface area contributed by atoms with Gasteiger partial charge in [0.25, 0.3) is 0 Å². The second-order valence-corrected chi connectivity index (χ2v) is 13.1. The van der Waals surface area contributed by atoms with Crippen LogP contribution in [0.2, 0.25) is 0 Å². The lowest BCUT2D eigenvalue weighted by atomic mass is 9.91. The fraction of sp³-hybridized carbons (Fsp3) is 0.178. The summed E-state index contributed by atoms with van der Waals surface area (Å²) in [7, 11) is 1.97. The molecule has 0 aliphatic heterocycles.